The average molecular weight is 507 g/mol. The molecule has 5 aliphatic rings. The predicted octanol–water partition coefficient (Wildman–Crippen LogP) is 6.01. The molecule has 7 unspecified atom stereocenters. The SMILES string of the molecule is CC1(C)CCC2(C(=O)N(O)C#N)CCC3(C)C(C(=O)C=C4C5(C)C=CC(=O)C(C)(C)C5CCC43C)C2C1. The van der Waals surface area contributed by atoms with E-state index in [-0.39, 0.29) is 56.0 Å². The summed E-state index contributed by atoms with van der Waals surface area (Å²) in [6, 6.07) is 0. The molecular weight excluding hydrogens is 464 g/mol. The molecule has 0 heterocycles. The third kappa shape index (κ3) is 3.16. The van der Waals surface area contributed by atoms with E-state index in [2.05, 4.69) is 40.7 Å². The molecule has 0 spiro atoms. The number of hydroxylamine groups is 2. The van der Waals surface area contributed by atoms with Crippen molar-refractivity contribution in [1.82, 2.24) is 5.06 Å². The third-order valence-electron chi connectivity index (χ3n) is 12.4. The Balaban J connectivity index is 1.68. The van der Waals surface area contributed by atoms with E-state index in [9.17, 15) is 24.9 Å². The van der Waals surface area contributed by atoms with E-state index in [1.807, 2.05) is 19.9 Å². The summed E-state index contributed by atoms with van der Waals surface area (Å²) in [4.78, 5) is 40.7. The van der Waals surface area contributed by atoms with Gasteiger partial charge in [-0.1, -0.05) is 60.1 Å². The lowest BCUT2D eigenvalue weighted by Gasteiger charge is -2.68. The minimum Gasteiger partial charge on any atom is -0.295 e. The smallest absolute Gasteiger partial charge is 0.266 e. The van der Waals surface area contributed by atoms with Crippen molar-refractivity contribution in [2.45, 2.75) is 93.4 Å². The molecule has 3 saturated carbocycles. The number of ketones is 2. The number of allylic oxidation sites excluding steroid dienone is 4. The summed E-state index contributed by atoms with van der Waals surface area (Å²) < 4.78 is 0. The van der Waals surface area contributed by atoms with E-state index >= 15 is 0 Å². The minimum absolute atomic E-state index is 0.0368. The number of hydrogen-bond acceptors (Lipinski definition) is 5. The summed E-state index contributed by atoms with van der Waals surface area (Å²) in [6.07, 6.45) is 12.4. The van der Waals surface area contributed by atoms with Gasteiger partial charge in [0.05, 0.1) is 5.41 Å². The number of rotatable bonds is 1. The highest BCUT2D eigenvalue weighted by Crippen LogP contribution is 2.74. The van der Waals surface area contributed by atoms with Gasteiger partial charge in [0, 0.05) is 16.7 Å². The molecule has 0 aromatic heterocycles. The van der Waals surface area contributed by atoms with Gasteiger partial charge >= 0.3 is 0 Å². The fourth-order valence-electron chi connectivity index (χ4n) is 9.97. The van der Waals surface area contributed by atoms with E-state index in [4.69, 9.17) is 0 Å². The van der Waals surface area contributed by atoms with Gasteiger partial charge in [-0.2, -0.15) is 5.26 Å². The number of amides is 1. The van der Waals surface area contributed by atoms with Crippen molar-refractivity contribution >= 4 is 17.5 Å². The highest BCUT2D eigenvalue weighted by atomic mass is 16.5. The monoisotopic (exact) mass is 506 g/mol. The second-order valence-corrected chi connectivity index (χ2v) is 14.8. The molecule has 6 heteroatoms. The Morgan fingerprint density at radius 2 is 1.68 bits per heavy atom. The molecule has 1 amide bonds. The first-order valence-corrected chi connectivity index (χ1v) is 13.9. The Labute approximate surface area is 221 Å². The molecule has 5 aliphatic carbocycles. The minimum atomic E-state index is -0.901. The van der Waals surface area contributed by atoms with Gasteiger partial charge in [0.25, 0.3) is 5.91 Å². The quantitative estimate of drug-likeness (QED) is 0.203. The molecular formula is C31H42N2O4. The van der Waals surface area contributed by atoms with Gasteiger partial charge in [-0.25, -0.2) is 0 Å². The van der Waals surface area contributed by atoms with Crippen molar-refractivity contribution in [2.75, 3.05) is 0 Å². The number of carbonyl (C=O) groups excluding carboxylic acids is 3. The van der Waals surface area contributed by atoms with E-state index in [1.54, 1.807) is 12.3 Å². The van der Waals surface area contributed by atoms with Gasteiger partial charge in [-0.3, -0.25) is 19.6 Å². The molecule has 3 fully saturated rings. The van der Waals surface area contributed by atoms with Crippen molar-refractivity contribution in [3.63, 3.8) is 0 Å². The van der Waals surface area contributed by atoms with Gasteiger partial charge in [-0.15, -0.1) is 5.06 Å². The Morgan fingerprint density at radius 1 is 1.03 bits per heavy atom. The van der Waals surface area contributed by atoms with Crippen molar-refractivity contribution in [2.24, 2.45) is 50.2 Å². The summed E-state index contributed by atoms with van der Waals surface area (Å²) in [5.41, 5.74) is -1.29. The van der Waals surface area contributed by atoms with Crippen LogP contribution < -0.4 is 0 Å². The summed E-state index contributed by atoms with van der Waals surface area (Å²) in [5.74, 6) is -0.786. The maximum Gasteiger partial charge on any atom is 0.266 e. The maximum atomic E-state index is 14.3. The predicted molar refractivity (Wildman–Crippen MR) is 139 cm³/mol. The molecule has 0 bridgehead atoms. The van der Waals surface area contributed by atoms with Crippen LogP contribution in [-0.2, 0) is 14.4 Å². The molecule has 7 atom stereocenters. The van der Waals surface area contributed by atoms with E-state index in [1.165, 1.54) is 0 Å². The van der Waals surface area contributed by atoms with Crippen LogP contribution in [0, 0.1) is 61.7 Å². The van der Waals surface area contributed by atoms with Crippen LogP contribution in [0.2, 0.25) is 0 Å². The van der Waals surface area contributed by atoms with Crippen LogP contribution in [-0.4, -0.2) is 27.7 Å². The highest BCUT2D eigenvalue weighted by Gasteiger charge is 2.70. The van der Waals surface area contributed by atoms with Crippen LogP contribution in [0.1, 0.15) is 93.4 Å². The maximum absolute atomic E-state index is 14.3. The van der Waals surface area contributed by atoms with Gasteiger partial charge < -0.3 is 0 Å². The molecule has 0 aromatic rings. The zero-order valence-electron chi connectivity index (χ0n) is 23.5. The summed E-state index contributed by atoms with van der Waals surface area (Å²) >= 11 is 0. The molecule has 0 aromatic carbocycles. The Morgan fingerprint density at radius 3 is 2.32 bits per heavy atom. The summed E-state index contributed by atoms with van der Waals surface area (Å²) in [5, 5.41) is 19.8. The van der Waals surface area contributed by atoms with Crippen LogP contribution >= 0.6 is 0 Å². The lowest BCUT2D eigenvalue weighted by atomic mass is 9.34. The number of fused-ring (bicyclic) bond motifs is 7. The fraction of sp³-hybridized carbons (Fsp3) is 0.742. The molecule has 5 rings (SSSR count). The number of carbonyl (C=O) groups is 3. The fourth-order valence-corrected chi connectivity index (χ4v) is 9.97. The zero-order valence-corrected chi connectivity index (χ0v) is 23.5. The summed E-state index contributed by atoms with van der Waals surface area (Å²) in [6.45, 7) is 15.3. The standard InChI is InChI=1S/C31H42N2O4/c1-26(2)12-14-31(25(36)33(37)18-32)15-13-30(7)24(19(31)17-26)20(34)16-22-28(5)10-9-23(35)27(3,4)21(28)8-11-29(22,30)6/h9-10,16,19,21,24,37H,8,11-15,17H2,1-7H3. The molecule has 0 radical (unpaired) electrons. The first kappa shape index (κ1) is 26.4. The van der Waals surface area contributed by atoms with Crippen molar-refractivity contribution < 1.29 is 19.6 Å². The second-order valence-electron chi connectivity index (χ2n) is 14.8. The van der Waals surface area contributed by atoms with Crippen LogP contribution in [0.5, 0.6) is 0 Å². The number of nitriles is 1. The van der Waals surface area contributed by atoms with Crippen LogP contribution in [0.15, 0.2) is 23.8 Å². The lowest BCUT2D eigenvalue weighted by Crippen LogP contribution is -2.66. The van der Waals surface area contributed by atoms with Gasteiger partial charge in [0.15, 0.2) is 11.6 Å². The molecule has 6 nitrogen and oxygen atoms in total. The lowest BCUT2D eigenvalue weighted by molar-refractivity contribution is -0.197. The topological polar surface area (TPSA) is 98.5 Å². The Bertz CT molecular complexity index is 1190. The van der Waals surface area contributed by atoms with Crippen molar-refractivity contribution in [3.05, 3.63) is 23.8 Å². The summed E-state index contributed by atoms with van der Waals surface area (Å²) in [7, 11) is 0. The molecule has 0 aliphatic heterocycles. The first-order valence-electron chi connectivity index (χ1n) is 13.9. The first-order chi connectivity index (χ1) is 17.0. The second kappa shape index (κ2) is 7.65. The highest BCUT2D eigenvalue weighted by molar-refractivity contribution is 5.98. The van der Waals surface area contributed by atoms with Crippen molar-refractivity contribution in [3.8, 4) is 6.19 Å². The molecule has 1 N–H and O–H groups in total. The third-order valence-corrected chi connectivity index (χ3v) is 12.4. The normalized spacial score (nSPS) is 45.4. The number of nitrogens with zero attached hydrogens (tertiary/aromatic N) is 2. The number of hydrogen-bond donors (Lipinski definition) is 1. The van der Waals surface area contributed by atoms with E-state index < -0.39 is 16.7 Å². The molecule has 37 heavy (non-hydrogen) atoms. The zero-order chi connectivity index (χ0) is 27.4. The Hall–Kier alpha value is -2.26. The van der Waals surface area contributed by atoms with Gasteiger partial charge in [-0.05, 0) is 85.2 Å². The largest absolute Gasteiger partial charge is 0.295 e. The average Bonchev–Trinajstić information content (AvgIpc) is 2.82. The van der Waals surface area contributed by atoms with Crippen molar-refractivity contribution in [1.29, 1.82) is 5.26 Å². The van der Waals surface area contributed by atoms with Gasteiger partial charge in [0.2, 0.25) is 6.19 Å². The van der Waals surface area contributed by atoms with Gasteiger partial charge in [0.1, 0.15) is 0 Å². The molecule has 0 saturated heterocycles. The van der Waals surface area contributed by atoms with E-state index in [0.29, 0.717) is 25.7 Å². The van der Waals surface area contributed by atoms with E-state index in [0.717, 1.165) is 24.8 Å². The molecule has 200 valence electrons. The van der Waals surface area contributed by atoms with Crippen LogP contribution in [0.25, 0.3) is 0 Å². The van der Waals surface area contributed by atoms with Crippen LogP contribution in [0.3, 0.4) is 0 Å². The Kier molecular flexibility index (Phi) is 5.45. The van der Waals surface area contributed by atoms with Crippen LogP contribution in [0.4, 0.5) is 0 Å².